The smallest absolute Gasteiger partial charge is 0.306 e. The van der Waals surface area contributed by atoms with E-state index in [0.29, 0.717) is 17.7 Å². The Labute approximate surface area is 153 Å². The van der Waals surface area contributed by atoms with Crippen molar-refractivity contribution in [3.8, 4) is 11.5 Å². The molecule has 0 bridgehead atoms. The number of aromatic hydroxyl groups is 1. The number of rotatable bonds is 9. The summed E-state index contributed by atoms with van der Waals surface area (Å²) in [5.74, 6) is -0.258. The van der Waals surface area contributed by atoms with E-state index in [1.165, 1.54) is 12.7 Å². The first kappa shape index (κ1) is 19.5. The SMILES string of the molecule is CCCc1ccc(C(=O)COC(=O)CCc2ccc(OC)c(O)c2)cc1. The second-order valence-corrected chi connectivity index (χ2v) is 6.04. The standard InChI is InChI=1S/C21H24O5/c1-3-4-15-5-9-17(10-6-15)19(23)14-26-21(24)12-8-16-7-11-20(25-2)18(22)13-16/h5-7,9-11,13,22H,3-4,8,12,14H2,1-2H3. The molecule has 0 unspecified atom stereocenters. The van der Waals surface area contributed by atoms with Crippen LogP contribution >= 0.6 is 0 Å². The zero-order valence-corrected chi connectivity index (χ0v) is 15.2. The van der Waals surface area contributed by atoms with Crippen LogP contribution < -0.4 is 4.74 Å². The second kappa shape index (κ2) is 9.61. The molecular formula is C21H24O5. The summed E-state index contributed by atoms with van der Waals surface area (Å²) in [7, 11) is 1.47. The summed E-state index contributed by atoms with van der Waals surface area (Å²) in [6, 6.07) is 12.3. The molecule has 138 valence electrons. The van der Waals surface area contributed by atoms with E-state index in [2.05, 4.69) is 6.92 Å². The van der Waals surface area contributed by atoms with Crippen molar-refractivity contribution in [2.24, 2.45) is 0 Å². The number of esters is 1. The van der Waals surface area contributed by atoms with E-state index in [1.54, 1.807) is 30.3 Å². The van der Waals surface area contributed by atoms with Gasteiger partial charge in [0.25, 0.3) is 0 Å². The van der Waals surface area contributed by atoms with Crippen molar-refractivity contribution in [1.29, 1.82) is 0 Å². The number of Topliss-reactive ketones (excluding diaryl/α,β-unsaturated/α-hetero) is 1. The number of carbonyl (C=O) groups excluding carboxylic acids is 2. The molecule has 0 radical (unpaired) electrons. The largest absolute Gasteiger partial charge is 0.504 e. The maximum atomic E-state index is 12.1. The van der Waals surface area contributed by atoms with Gasteiger partial charge in [0.1, 0.15) is 0 Å². The highest BCUT2D eigenvalue weighted by Gasteiger charge is 2.11. The first-order valence-electron chi connectivity index (χ1n) is 8.67. The summed E-state index contributed by atoms with van der Waals surface area (Å²) in [4.78, 5) is 23.9. The molecule has 26 heavy (non-hydrogen) atoms. The molecule has 0 aliphatic rings. The average Bonchev–Trinajstić information content (AvgIpc) is 2.65. The maximum absolute atomic E-state index is 12.1. The molecule has 0 saturated carbocycles. The van der Waals surface area contributed by atoms with Crippen LogP contribution in [-0.2, 0) is 22.4 Å². The van der Waals surface area contributed by atoms with Gasteiger partial charge in [-0.25, -0.2) is 0 Å². The minimum absolute atomic E-state index is 0.0278. The molecule has 0 amide bonds. The number of phenolic OH excluding ortho intramolecular Hbond substituents is 1. The zero-order chi connectivity index (χ0) is 18.9. The Kier molecular flexibility index (Phi) is 7.21. The number of ketones is 1. The third-order valence-electron chi connectivity index (χ3n) is 4.04. The average molecular weight is 356 g/mol. The van der Waals surface area contributed by atoms with E-state index in [1.807, 2.05) is 12.1 Å². The number of methoxy groups -OCH3 is 1. The third-order valence-corrected chi connectivity index (χ3v) is 4.04. The molecule has 0 aliphatic carbocycles. The van der Waals surface area contributed by atoms with Crippen molar-refractivity contribution in [2.45, 2.75) is 32.6 Å². The van der Waals surface area contributed by atoms with Crippen LogP contribution in [0.4, 0.5) is 0 Å². The summed E-state index contributed by atoms with van der Waals surface area (Å²) < 4.78 is 10.0. The van der Waals surface area contributed by atoms with Crippen molar-refractivity contribution in [3.63, 3.8) is 0 Å². The van der Waals surface area contributed by atoms with Gasteiger partial charge in [0.2, 0.25) is 0 Å². The van der Waals surface area contributed by atoms with Crippen LogP contribution in [0.2, 0.25) is 0 Å². The lowest BCUT2D eigenvalue weighted by Crippen LogP contribution is -2.14. The highest BCUT2D eigenvalue weighted by atomic mass is 16.5. The molecule has 5 nitrogen and oxygen atoms in total. The summed E-state index contributed by atoms with van der Waals surface area (Å²) in [5, 5.41) is 9.73. The van der Waals surface area contributed by atoms with Gasteiger partial charge in [-0.1, -0.05) is 43.7 Å². The molecule has 2 aromatic carbocycles. The van der Waals surface area contributed by atoms with Crippen molar-refractivity contribution in [2.75, 3.05) is 13.7 Å². The van der Waals surface area contributed by atoms with E-state index < -0.39 is 5.97 Å². The fraction of sp³-hybridized carbons (Fsp3) is 0.333. The molecule has 0 heterocycles. The minimum atomic E-state index is -0.448. The monoisotopic (exact) mass is 356 g/mol. The molecule has 1 N–H and O–H groups in total. The first-order valence-corrected chi connectivity index (χ1v) is 8.67. The molecule has 2 aromatic rings. The highest BCUT2D eigenvalue weighted by molar-refractivity contribution is 5.97. The van der Waals surface area contributed by atoms with E-state index in [0.717, 1.165) is 18.4 Å². The molecule has 0 fully saturated rings. The normalized spacial score (nSPS) is 10.4. The number of aryl methyl sites for hydroxylation is 2. The van der Waals surface area contributed by atoms with Crippen molar-refractivity contribution < 1.29 is 24.2 Å². The lowest BCUT2D eigenvalue weighted by molar-refractivity contribution is -0.142. The van der Waals surface area contributed by atoms with Gasteiger partial charge in [0.05, 0.1) is 7.11 Å². The number of ether oxygens (including phenoxy) is 2. The number of hydrogen-bond acceptors (Lipinski definition) is 5. The second-order valence-electron chi connectivity index (χ2n) is 6.04. The van der Waals surface area contributed by atoms with Gasteiger partial charge in [-0.15, -0.1) is 0 Å². The van der Waals surface area contributed by atoms with E-state index in [-0.39, 0.29) is 24.6 Å². The topological polar surface area (TPSA) is 72.8 Å². The zero-order valence-electron chi connectivity index (χ0n) is 15.2. The summed E-state index contributed by atoms with van der Waals surface area (Å²) in [6.45, 7) is 1.84. The molecule has 0 spiro atoms. The van der Waals surface area contributed by atoms with E-state index >= 15 is 0 Å². The van der Waals surface area contributed by atoms with Gasteiger partial charge in [-0.05, 0) is 36.1 Å². The van der Waals surface area contributed by atoms with Gasteiger partial charge in [0, 0.05) is 12.0 Å². The minimum Gasteiger partial charge on any atom is -0.504 e. The van der Waals surface area contributed by atoms with Gasteiger partial charge >= 0.3 is 5.97 Å². The Bertz CT molecular complexity index is 749. The van der Waals surface area contributed by atoms with Crippen LogP contribution in [0.3, 0.4) is 0 Å². The van der Waals surface area contributed by atoms with Gasteiger partial charge in [0.15, 0.2) is 23.9 Å². The van der Waals surface area contributed by atoms with Crippen molar-refractivity contribution >= 4 is 11.8 Å². The molecule has 0 saturated heterocycles. The maximum Gasteiger partial charge on any atom is 0.306 e. The molecule has 5 heteroatoms. The van der Waals surface area contributed by atoms with Crippen LogP contribution in [0.1, 0.15) is 41.3 Å². The number of carbonyl (C=O) groups is 2. The van der Waals surface area contributed by atoms with E-state index in [4.69, 9.17) is 9.47 Å². The molecule has 2 rings (SSSR count). The molecular weight excluding hydrogens is 332 g/mol. The quantitative estimate of drug-likeness (QED) is 0.548. The van der Waals surface area contributed by atoms with Gasteiger partial charge < -0.3 is 14.6 Å². The number of benzene rings is 2. The lowest BCUT2D eigenvalue weighted by Gasteiger charge is -2.07. The third kappa shape index (κ3) is 5.62. The Morgan fingerprint density at radius 2 is 1.69 bits per heavy atom. The number of hydrogen-bond donors (Lipinski definition) is 1. The predicted molar refractivity (Wildman–Crippen MR) is 98.7 cm³/mol. The Hall–Kier alpha value is -2.82. The molecule has 0 aliphatic heterocycles. The van der Waals surface area contributed by atoms with Crippen LogP contribution in [0.5, 0.6) is 11.5 Å². The highest BCUT2D eigenvalue weighted by Crippen LogP contribution is 2.26. The summed E-state index contributed by atoms with van der Waals surface area (Å²) in [5.41, 5.74) is 2.51. The first-order chi connectivity index (χ1) is 12.5. The van der Waals surface area contributed by atoms with E-state index in [9.17, 15) is 14.7 Å². The molecule has 0 atom stereocenters. The van der Waals surface area contributed by atoms with Gasteiger partial charge in [-0.3, -0.25) is 9.59 Å². The fourth-order valence-corrected chi connectivity index (χ4v) is 2.58. The van der Waals surface area contributed by atoms with Crippen LogP contribution in [0.15, 0.2) is 42.5 Å². The Morgan fingerprint density at radius 3 is 2.31 bits per heavy atom. The van der Waals surface area contributed by atoms with Crippen molar-refractivity contribution in [3.05, 3.63) is 59.2 Å². The number of phenols is 1. The Morgan fingerprint density at radius 1 is 1.00 bits per heavy atom. The van der Waals surface area contributed by atoms with Crippen LogP contribution in [0.25, 0.3) is 0 Å². The van der Waals surface area contributed by atoms with Crippen LogP contribution in [0, 0.1) is 0 Å². The Balaban J connectivity index is 1.79. The van der Waals surface area contributed by atoms with Crippen molar-refractivity contribution in [1.82, 2.24) is 0 Å². The lowest BCUT2D eigenvalue weighted by atomic mass is 10.1. The summed E-state index contributed by atoms with van der Waals surface area (Å²) in [6.07, 6.45) is 2.58. The molecule has 0 aromatic heterocycles. The fourth-order valence-electron chi connectivity index (χ4n) is 2.58. The van der Waals surface area contributed by atoms with Gasteiger partial charge in [-0.2, -0.15) is 0 Å². The summed E-state index contributed by atoms with van der Waals surface area (Å²) >= 11 is 0. The van der Waals surface area contributed by atoms with Crippen LogP contribution in [-0.4, -0.2) is 30.6 Å². The predicted octanol–water partition coefficient (Wildman–Crippen LogP) is 3.71.